The Labute approximate surface area is 200 Å². The van der Waals surface area contributed by atoms with Crippen LogP contribution in [0, 0.1) is 5.92 Å². The van der Waals surface area contributed by atoms with E-state index in [-0.39, 0.29) is 42.4 Å². The van der Waals surface area contributed by atoms with Crippen molar-refractivity contribution in [3.05, 3.63) is 0 Å². The monoisotopic (exact) mass is 559 g/mol. The Morgan fingerprint density at radius 3 is 2.50 bits per heavy atom. The van der Waals surface area contributed by atoms with Crippen LogP contribution in [0.25, 0.3) is 0 Å². The summed E-state index contributed by atoms with van der Waals surface area (Å²) in [5, 5.41) is 3.37. The van der Waals surface area contributed by atoms with E-state index >= 15 is 0 Å². The SMILES string of the molecule is CCNC(=NCCN1CCCC(C)C1)N1CCN(S(=O)(=O)CCOC(C)C)CC1.I. The second kappa shape index (κ2) is 14.1. The van der Waals surface area contributed by atoms with Gasteiger partial charge in [-0.3, -0.25) is 4.99 Å². The first-order valence-electron chi connectivity index (χ1n) is 11.2. The van der Waals surface area contributed by atoms with E-state index in [9.17, 15) is 8.42 Å². The summed E-state index contributed by atoms with van der Waals surface area (Å²) >= 11 is 0. The fraction of sp³-hybridized carbons (Fsp3) is 0.950. The number of piperidine rings is 1. The van der Waals surface area contributed by atoms with Crippen molar-refractivity contribution in [2.75, 3.05) is 71.3 Å². The molecule has 178 valence electrons. The molecule has 2 saturated heterocycles. The first-order chi connectivity index (χ1) is 13.8. The Morgan fingerprint density at radius 2 is 1.90 bits per heavy atom. The largest absolute Gasteiger partial charge is 0.378 e. The maximum Gasteiger partial charge on any atom is 0.216 e. The highest BCUT2D eigenvalue weighted by atomic mass is 127. The van der Waals surface area contributed by atoms with Crippen LogP contribution in [-0.4, -0.2) is 106 Å². The predicted molar refractivity (Wildman–Crippen MR) is 134 cm³/mol. The zero-order valence-electron chi connectivity index (χ0n) is 19.2. The Bertz CT molecular complexity index is 610. The normalized spacial score (nSPS) is 22.2. The molecule has 1 atom stereocenters. The second-order valence-electron chi connectivity index (χ2n) is 8.41. The molecular formula is C20H42IN5O3S. The minimum atomic E-state index is -3.26. The van der Waals surface area contributed by atoms with Gasteiger partial charge >= 0.3 is 0 Å². The molecule has 0 aromatic carbocycles. The van der Waals surface area contributed by atoms with E-state index in [1.807, 2.05) is 13.8 Å². The maximum atomic E-state index is 12.5. The van der Waals surface area contributed by atoms with Gasteiger partial charge in [-0.15, -0.1) is 24.0 Å². The lowest BCUT2D eigenvalue weighted by molar-refractivity contribution is 0.0904. The number of nitrogens with one attached hydrogen (secondary N) is 1. The predicted octanol–water partition coefficient (Wildman–Crippen LogP) is 1.67. The Hall–Kier alpha value is -0.170. The van der Waals surface area contributed by atoms with E-state index in [2.05, 4.69) is 29.0 Å². The van der Waals surface area contributed by atoms with Gasteiger partial charge in [-0.05, 0) is 46.1 Å². The fourth-order valence-corrected chi connectivity index (χ4v) is 5.19. The summed E-state index contributed by atoms with van der Waals surface area (Å²) in [5.41, 5.74) is 0. The average Bonchev–Trinajstić information content (AvgIpc) is 2.67. The summed E-state index contributed by atoms with van der Waals surface area (Å²) in [7, 11) is -3.26. The lowest BCUT2D eigenvalue weighted by atomic mass is 10.0. The fourth-order valence-electron chi connectivity index (χ4n) is 3.91. The van der Waals surface area contributed by atoms with Crippen molar-refractivity contribution >= 4 is 40.0 Å². The molecule has 0 saturated carbocycles. The molecule has 0 aliphatic carbocycles. The second-order valence-corrected chi connectivity index (χ2v) is 10.5. The molecule has 2 aliphatic heterocycles. The number of ether oxygens (including phenoxy) is 1. The molecule has 1 unspecified atom stereocenters. The number of halogens is 1. The van der Waals surface area contributed by atoms with E-state index in [0.717, 1.165) is 31.5 Å². The summed E-state index contributed by atoms with van der Waals surface area (Å²) in [6.45, 7) is 15.7. The van der Waals surface area contributed by atoms with Gasteiger partial charge in [0.25, 0.3) is 0 Å². The molecule has 2 rings (SSSR count). The molecule has 30 heavy (non-hydrogen) atoms. The van der Waals surface area contributed by atoms with Crippen LogP contribution in [0.3, 0.4) is 0 Å². The maximum absolute atomic E-state index is 12.5. The molecule has 2 fully saturated rings. The van der Waals surface area contributed by atoms with E-state index < -0.39 is 10.0 Å². The number of nitrogens with zero attached hydrogens (tertiary/aromatic N) is 4. The molecule has 1 N–H and O–H groups in total. The summed E-state index contributed by atoms with van der Waals surface area (Å²) in [4.78, 5) is 9.50. The van der Waals surface area contributed by atoms with Crippen molar-refractivity contribution in [3.63, 3.8) is 0 Å². The highest BCUT2D eigenvalue weighted by molar-refractivity contribution is 14.0. The van der Waals surface area contributed by atoms with Crippen molar-refractivity contribution in [2.24, 2.45) is 10.9 Å². The van der Waals surface area contributed by atoms with Gasteiger partial charge in [0, 0.05) is 45.8 Å². The third-order valence-electron chi connectivity index (χ3n) is 5.48. The van der Waals surface area contributed by atoms with Crippen molar-refractivity contribution in [2.45, 2.75) is 46.6 Å². The smallest absolute Gasteiger partial charge is 0.216 e. The molecule has 0 amide bonds. The minimum absolute atomic E-state index is 0. The molecule has 0 aromatic heterocycles. The molecular weight excluding hydrogens is 517 g/mol. The van der Waals surface area contributed by atoms with E-state index in [1.54, 1.807) is 4.31 Å². The Balaban J connectivity index is 0.00000450. The lowest BCUT2D eigenvalue weighted by Gasteiger charge is -2.36. The number of piperazine rings is 1. The minimum Gasteiger partial charge on any atom is -0.378 e. The third-order valence-corrected chi connectivity index (χ3v) is 7.31. The van der Waals surface area contributed by atoms with E-state index in [4.69, 9.17) is 9.73 Å². The van der Waals surface area contributed by atoms with Gasteiger partial charge < -0.3 is 19.9 Å². The average molecular weight is 560 g/mol. The standard InChI is InChI=1S/C20H41N5O3S.HI/c1-5-21-20(22-8-10-23-9-6-7-19(4)17-23)24-11-13-25(14-12-24)29(26,27)16-15-28-18(2)3;/h18-19H,5-17H2,1-4H3,(H,21,22);1H. The Morgan fingerprint density at radius 1 is 1.20 bits per heavy atom. The summed E-state index contributed by atoms with van der Waals surface area (Å²) in [5.74, 6) is 1.73. The van der Waals surface area contributed by atoms with Gasteiger partial charge in [-0.2, -0.15) is 4.31 Å². The van der Waals surface area contributed by atoms with Crippen LogP contribution in [0.1, 0.15) is 40.5 Å². The first-order valence-corrected chi connectivity index (χ1v) is 12.8. The third kappa shape index (κ3) is 9.54. The number of guanidine groups is 1. The molecule has 0 spiro atoms. The first kappa shape index (κ1) is 27.9. The topological polar surface area (TPSA) is 77.5 Å². The quantitative estimate of drug-likeness (QED) is 0.263. The summed E-state index contributed by atoms with van der Waals surface area (Å²) in [6.07, 6.45) is 2.66. The van der Waals surface area contributed by atoms with Gasteiger partial charge in [0.2, 0.25) is 10.0 Å². The Kier molecular flexibility index (Phi) is 13.1. The van der Waals surface area contributed by atoms with Crippen molar-refractivity contribution < 1.29 is 13.2 Å². The van der Waals surface area contributed by atoms with Crippen LogP contribution in [-0.2, 0) is 14.8 Å². The number of hydrogen-bond acceptors (Lipinski definition) is 5. The van der Waals surface area contributed by atoms with Crippen LogP contribution < -0.4 is 5.32 Å². The lowest BCUT2D eigenvalue weighted by Crippen LogP contribution is -2.54. The van der Waals surface area contributed by atoms with Gasteiger partial charge in [0.05, 0.1) is 25.0 Å². The number of hydrogen-bond donors (Lipinski definition) is 1. The highest BCUT2D eigenvalue weighted by Crippen LogP contribution is 2.15. The zero-order valence-corrected chi connectivity index (χ0v) is 22.3. The number of rotatable bonds is 9. The number of likely N-dealkylation sites (tertiary alicyclic amines) is 1. The van der Waals surface area contributed by atoms with Crippen LogP contribution in [0.2, 0.25) is 0 Å². The van der Waals surface area contributed by atoms with Crippen LogP contribution in [0.15, 0.2) is 4.99 Å². The number of sulfonamides is 1. The van der Waals surface area contributed by atoms with Crippen LogP contribution >= 0.6 is 24.0 Å². The van der Waals surface area contributed by atoms with Crippen LogP contribution in [0.5, 0.6) is 0 Å². The summed E-state index contributed by atoms with van der Waals surface area (Å²) < 4.78 is 32.0. The molecule has 0 bridgehead atoms. The molecule has 0 aromatic rings. The van der Waals surface area contributed by atoms with Crippen LogP contribution in [0.4, 0.5) is 0 Å². The molecule has 2 aliphatic rings. The molecule has 8 nitrogen and oxygen atoms in total. The van der Waals surface area contributed by atoms with Gasteiger partial charge in [0.15, 0.2) is 5.96 Å². The van der Waals surface area contributed by atoms with Gasteiger partial charge in [-0.1, -0.05) is 6.92 Å². The molecule has 0 radical (unpaired) electrons. The van der Waals surface area contributed by atoms with Crippen molar-refractivity contribution in [1.82, 2.24) is 19.4 Å². The van der Waals surface area contributed by atoms with Crippen molar-refractivity contribution in [1.29, 1.82) is 0 Å². The zero-order chi connectivity index (χ0) is 21.3. The van der Waals surface area contributed by atoms with Crippen molar-refractivity contribution in [3.8, 4) is 0 Å². The summed E-state index contributed by atoms with van der Waals surface area (Å²) in [6, 6.07) is 0. The molecule has 2 heterocycles. The highest BCUT2D eigenvalue weighted by Gasteiger charge is 2.28. The van der Waals surface area contributed by atoms with E-state index in [1.165, 1.54) is 25.9 Å². The van der Waals surface area contributed by atoms with Gasteiger partial charge in [0.1, 0.15) is 0 Å². The molecule has 10 heteroatoms. The van der Waals surface area contributed by atoms with Gasteiger partial charge in [-0.25, -0.2) is 8.42 Å². The number of aliphatic imine (C=N–C) groups is 1. The van der Waals surface area contributed by atoms with E-state index in [0.29, 0.717) is 26.2 Å².